The molecule has 126 valence electrons. The Morgan fingerprint density at radius 3 is 2.00 bits per heavy atom. The summed E-state index contributed by atoms with van der Waals surface area (Å²) in [6.07, 6.45) is 0.878. The quantitative estimate of drug-likeness (QED) is 0.626. The number of ether oxygens (including phenoxy) is 3. The average Bonchev–Trinajstić information content (AvgIpc) is 2.62. The third-order valence-corrected chi connectivity index (χ3v) is 3.25. The van der Waals surface area contributed by atoms with Gasteiger partial charge in [-0.05, 0) is 61.0 Å². The van der Waals surface area contributed by atoms with E-state index in [0.29, 0.717) is 5.75 Å². The molecule has 0 spiro atoms. The van der Waals surface area contributed by atoms with Crippen molar-refractivity contribution in [2.45, 2.75) is 13.0 Å². The van der Waals surface area contributed by atoms with Crippen molar-refractivity contribution in [2.24, 2.45) is 5.10 Å². The van der Waals surface area contributed by atoms with Crippen LogP contribution in [0, 0.1) is 0 Å². The van der Waals surface area contributed by atoms with Crippen LogP contribution in [0.2, 0.25) is 0 Å². The largest absolute Gasteiger partial charge is 0.497 e. The second-order valence-electron chi connectivity index (χ2n) is 4.94. The van der Waals surface area contributed by atoms with Crippen LogP contribution in [0.15, 0.2) is 53.6 Å². The predicted octanol–water partition coefficient (Wildman–Crippen LogP) is 2.62. The lowest BCUT2D eigenvalue weighted by Gasteiger charge is -2.13. The maximum absolute atomic E-state index is 12.0. The number of nitrogens with zero attached hydrogens (tertiary/aromatic N) is 1. The van der Waals surface area contributed by atoms with E-state index >= 15 is 0 Å². The molecule has 0 saturated heterocycles. The second-order valence-corrected chi connectivity index (χ2v) is 4.94. The third kappa shape index (κ3) is 5.01. The molecule has 0 bridgehead atoms. The smallest absolute Gasteiger partial charge is 0.280 e. The van der Waals surface area contributed by atoms with Crippen molar-refractivity contribution < 1.29 is 19.0 Å². The van der Waals surface area contributed by atoms with Gasteiger partial charge in [0.2, 0.25) is 0 Å². The number of benzene rings is 2. The highest BCUT2D eigenvalue weighted by Gasteiger charge is 2.13. The van der Waals surface area contributed by atoms with Crippen LogP contribution in [0.1, 0.15) is 12.5 Å². The summed E-state index contributed by atoms with van der Waals surface area (Å²) in [7, 11) is 3.19. The van der Waals surface area contributed by atoms with Gasteiger partial charge in [0.05, 0.1) is 20.4 Å². The fraction of sp³-hybridized carbons (Fsp3) is 0.222. The highest BCUT2D eigenvalue weighted by molar-refractivity contribution is 5.84. The average molecular weight is 328 g/mol. The first-order valence-electron chi connectivity index (χ1n) is 7.40. The zero-order valence-electron chi connectivity index (χ0n) is 13.9. The molecule has 0 aromatic heterocycles. The van der Waals surface area contributed by atoms with Crippen molar-refractivity contribution >= 4 is 12.1 Å². The molecule has 6 nitrogen and oxygen atoms in total. The Bertz CT molecular complexity index is 681. The van der Waals surface area contributed by atoms with Crippen LogP contribution in [0.25, 0.3) is 0 Å². The summed E-state index contributed by atoms with van der Waals surface area (Å²) in [4.78, 5) is 12.0. The van der Waals surface area contributed by atoms with Gasteiger partial charge in [-0.3, -0.25) is 4.79 Å². The van der Waals surface area contributed by atoms with Gasteiger partial charge in [-0.1, -0.05) is 0 Å². The zero-order valence-corrected chi connectivity index (χ0v) is 13.9. The minimum absolute atomic E-state index is 0.337. The molecule has 1 unspecified atom stereocenters. The second kappa shape index (κ2) is 8.57. The molecule has 0 heterocycles. The standard InChI is InChI=1S/C18H20N2O4/c1-13(24-17-10-8-16(23-3)9-11-17)18(21)20-19-12-14-4-6-15(22-2)7-5-14/h4-13H,1-3H3,(H,20,21)/b19-12+. The van der Waals surface area contributed by atoms with Crippen molar-refractivity contribution in [3.63, 3.8) is 0 Å². The van der Waals surface area contributed by atoms with E-state index in [-0.39, 0.29) is 5.91 Å². The lowest BCUT2D eigenvalue weighted by Crippen LogP contribution is -2.33. The normalized spacial score (nSPS) is 11.8. The van der Waals surface area contributed by atoms with E-state index < -0.39 is 6.10 Å². The topological polar surface area (TPSA) is 69.2 Å². The summed E-state index contributed by atoms with van der Waals surface area (Å²) < 4.78 is 15.7. The van der Waals surface area contributed by atoms with Crippen LogP contribution in [0.3, 0.4) is 0 Å². The Morgan fingerprint density at radius 1 is 0.958 bits per heavy atom. The first kappa shape index (κ1) is 17.3. The number of nitrogens with one attached hydrogen (secondary N) is 1. The van der Waals surface area contributed by atoms with Gasteiger partial charge in [-0.15, -0.1) is 0 Å². The number of hydrazone groups is 1. The van der Waals surface area contributed by atoms with E-state index in [1.165, 1.54) is 0 Å². The summed E-state index contributed by atoms with van der Waals surface area (Å²) in [5.74, 6) is 1.73. The lowest BCUT2D eigenvalue weighted by molar-refractivity contribution is -0.127. The van der Waals surface area contributed by atoms with Crippen LogP contribution in [-0.2, 0) is 4.79 Å². The SMILES string of the molecule is COc1ccc(/C=N/NC(=O)C(C)Oc2ccc(OC)cc2)cc1. The van der Waals surface area contributed by atoms with Crippen LogP contribution in [0.4, 0.5) is 0 Å². The van der Waals surface area contributed by atoms with Crippen LogP contribution in [0.5, 0.6) is 17.2 Å². The molecule has 2 aromatic rings. The minimum Gasteiger partial charge on any atom is -0.497 e. The molecule has 0 aliphatic rings. The Kier molecular flexibility index (Phi) is 6.19. The van der Waals surface area contributed by atoms with E-state index in [9.17, 15) is 4.79 Å². The van der Waals surface area contributed by atoms with Crippen LogP contribution >= 0.6 is 0 Å². The van der Waals surface area contributed by atoms with E-state index in [0.717, 1.165) is 17.1 Å². The van der Waals surface area contributed by atoms with E-state index in [4.69, 9.17) is 14.2 Å². The number of hydrogen-bond acceptors (Lipinski definition) is 5. The summed E-state index contributed by atoms with van der Waals surface area (Å²) in [5, 5.41) is 3.92. The molecule has 1 atom stereocenters. The van der Waals surface area contributed by atoms with Gasteiger partial charge in [0.25, 0.3) is 5.91 Å². The molecule has 24 heavy (non-hydrogen) atoms. The summed E-state index contributed by atoms with van der Waals surface area (Å²) in [6, 6.07) is 14.3. The summed E-state index contributed by atoms with van der Waals surface area (Å²) >= 11 is 0. The van der Waals surface area contributed by atoms with Crippen LogP contribution in [-0.4, -0.2) is 32.4 Å². The predicted molar refractivity (Wildman–Crippen MR) is 91.8 cm³/mol. The molecule has 0 aliphatic heterocycles. The van der Waals surface area contributed by atoms with Gasteiger partial charge in [0, 0.05) is 0 Å². The fourth-order valence-electron chi connectivity index (χ4n) is 1.86. The fourth-order valence-corrected chi connectivity index (χ4v) is 1.86. The maximum atomic E-state index is 12.0. The molecule has 6 heteroatoms. The van der Waals surface area contributed by atoms with Crippen molar-refractivity contribution in [1.82, 2.24) is 5.43 Å². The third-order valence-electron chi connectivity index (χ3n) is 3.25. The van der Waals surface area contributed by atoms with Gasteiger partial charge >= 0.3 is 0 Å². The van der Waals surface area contributed by atoms with E-state index in [2.05, 4.69) is 10.5 Å². The van der Waals surface area contributed by atoms with Crippen molar-refractivity contribution in [3.05, 3.63) is 54.1 Å². The summed E-state index contributed by atoms with van der Waals surface area (Å²) in [5.41, 5.74) is 3.30. The molecular formula is C18H20N2O4. The van der Waals surface area contributed by atoms with Crippen molar-refractivity contribution in [1.29, 1.82) is 0 Å². The lowest BCUT2D eigenvalue weighted by atomic mass is 10.2. The molecule has 2 rings (SSSR count). The number of carbonyl (C=O) groups excluding carboxylic acids is 1. The first-order valence-corrected chi connectivity index (χ1v) is 7.40. The number of carbonyl (C=O) groups is 1. The van der Waals surface area contributed by atoms with Gasteiger partial charge in [-0.2, -0.15) is 5.10 Å². The number of hydrogen-bond donors (Lipinski definition) is 1. The van der Waals surface area contributed by atoms with Gasteiger partial charge in [-0.25, -0.2) is 5.43 Å². The molecule has 0 radical (unpaired) electrons. The Morgan fingerprint density at radius 2 is 1.46 bits per heavy atom. The number of amides is 1. The highest BCUT2D eigenvalue weighted by Crippen LogP contribution is 2.18. The Hall–Kier alpha value is -3.02. The van der Waals surface area contributed by atoms with Crippen molar-refractivity contribution in [2.75, 3.05) is 14.2 Å². The van der Waals surface area contributed by atoms with E-state index in [1.54, 1.807) is 51.6 Å². The minimum atomic E-state index is -0.675. The van der Waals surface area contributed by atoms with Gasteiger partial charge in [0.1, 0.15) is 17.2 Å². The number of rotatable bonds is 7. The van der Waals surface area contributed by atoms with Gasteiger partial charge < -0.3 is 14.2 Å². The van der Waals surface area contributed by atoms with Crippen LogP contribution < -0.4 is 19.6 Å². The molecular weight excluding hydrogens is 308 g/mol. The van der Waals surface area contributed by atoms with E-state index in [1.807, 2.05) is 24.3 Å². The Balaban J connectivity index is 1.84. The Labute approximate surface area is 141 Å². The molecule has 0 saturated carbocycles. The van der Waals surface area contributed by atoms with Crippen molar-refractivity contribution in [3.8, 4) is 17.2 Å². The molecule has 2 aromatic carbocycles. The highest BCUT2D eigenvalue weighted by atomic mass is 16.5. The maximum Gasteiger partial charge on any atom is 0.280 e. The molecule has 0 aliphatic carbocycles. The summed E-state index contributed by atoms with van der Waals surface area (Å²) in [6.45, 7) is 1.66. The zero-order chi connectivity index (χ0) is 17.4. The first-order chi connectivity index (χ1) is 11.6. The molecule has 0 fully saturated rings. The molecule has 1 amide bonds. The monoisotopic (exact) mass is 328 g/mol. The molecule has 1 N–H and O–H groups in total. The number of methoxy groups -OCH3 is 2. The van der Waals surface area contributed by atoms with Gasteiger partial charge in [0.15, 0.2) is 6.10 Å².